The summed E-state index contributed by atoms with van der Waals surface area (Å²) in [7, 11) is 0. The molecular formula is C14H13N3O2. The number of aliphatic imine (C=N–C) groups is 1. The van der Waals surface area contributed by atoms with Gasteiger partial charge >= 0.3 is 0 Å². The Morgan fingerprint density at radius 2 is 2.26 bits per heavy atom. The average Bonchev–Trinajstić information content (AvgIpc) is 2.86. The molecule has 19 heavy (non-hydrogen) atoms. The molecule has 0 atom stereocenters. The molecule has 0 fully saturated rings. The molecule has 0 bridgehead atoms. The molecular weight excluding hydrogens is 242 g/mol. The molecule has 0 saturated heterocycles. The standard InChI is InChI=1S/C14H13N3O2/c1-2-16-7-5-12(15)14(18)17-11-3-4-13-10(9-11)6-8-19-13/h2-9H,1,15H2,(H,17,18)/b12-5-,16-7?. The van der Waals surface area contributed by atoms with Crippen molar-refractivity contribution in [1.82, 2.24) is 0 Å². The van der Waals surface area contributed by atoms with Gasteiger partial charge in [0, 0.05) is 23.5 Å². The molecule has 5 heteroatoms. The second kappa shape index (κ2) is 5.68. The zero-order chi connectivity index (χ0) is 13.7. The van der Waals surface area contributed by atoms with Crippen LogP contribution < -0.4 is 11.1 Å². The number of hydrogen-bond acceptors (Lipinski definition) is 4. The van der Waals surface area contributed by atoms with E-state index in [-0.39, 0.29) is 5.70 Å². The van der Waals surface area contributed by atoms with Gasteiger partial charge in [0.15, 0.2) is 0 Å². The molecule has 1 aromatic heterocycles. The number of amides is 1. The Balaban J connectivity index is 2.11. The highest BCUT2D eigenvalue weighted by Gasteiger charge is 2.06. The topological polar surface area (TPSA) is 80.6 Å². The third-order valence-electron chi connectivity index (χ3n) is 2.42. The first kappa shape index (κ1) is 12.6. The number of fused-ring (bicyclic) bond motifs is 1. The SMILES string of the molecule is C=CN=C/C=C(\N)C(=O)Nc1ccc2occc2c1. The number of hydrogen-bond donors (Lipinski definition) is 2. The minimum Gasteiger partial charge on any atom is -0.464 e. The maximum atomic E-state index is 11.8. The minimum absolute atomic E-state index is 0.0675. The van der Waals surface area contributed by atoms with E-state index in [2.05, 4.69) is 16.9 Å². The summed E-state index contributed by atoms with van der Waals surface area (Å²) in [5, 5.41) is 3.60. The van der Waals surface area contributed by atoms with Crippen LogP contribution in [0.25, 0.3) is 11.0 Å². The van der Waals surface area contributed by atoms with Crippen molar-refractivity contribution in [2.45, 2.75) is 0 Å². The largest absolute Gasteiger partial charge is 0.464 e. The van der Waals surface area contributed by atoms with Gasteiger partial charge in [-0.25, -0.2) is 0 Å². The number of nitrogens with two attached hydrogens (primary N) is 1. The first-order valence-corrected chi connectivity index (χ1v) is 5.59. The Morgan fingerprint density at radius 3 is 3.05 bits per heavy atom. The molecule has 0 saturated carbocycles. The number of allylic oxidation sites excluding steroid dienone is 1. The molecule has 0 aliphatic carbocycles. The van der Waals surface area contributed by atoms with E-state index >= 15 is 0 Å². The van der Waals surface area contributed by atoms with Crippen molar-refractivity contribution in [1.29, 1.82) is 0 Å². The van der Waals surface area contributed by atoms with Gasteiger partial charge in [0.1, 0.15) is 5.58 Å². The summed E-state index contributed by atoms with van der Waals surface area (Å²) >= 11 is 0. The summed E-state index contributed by atoms with van der Waals surface area (Å²) in [6.07, 6.45) is 5.76. The third kappa shape index (κ3) is 3.10. The Labute approximate surface area is 110 Å². The smallest absolute Gasteiger partial charge is 0.271 e. The Kier molecular flexibility index (Phi) is 3.78. The van der Waals surface area contributed by atoms with Crippen molar-refractivity contribution in [2.75, 3.05) is 5.32 Å². The zero-order valence-corrected chi connectivity index (χ0v) is 10.2. The highest BCUT2D eigenvalue weighted by molar-refractivity contribution is 6.05. The number of anilines is 1. The van der Waals surface area contributed by atoms with E-state index in [0.29, 0.717) is 5.69 Å². The van der Waals surface area contributed by atoms with Crippen LogP contribution in [0.2, 0.25) is 0 Å². The molecule has 3 N–H and O–H groups in total. The number of nitrogens with one attached hydrogen (secondary N) is 1. The quantitative estimate of drug-likeness (QED) is 0.650. The van der Waals surface area contributed by atoms with Crippen LogP contribution in [0.3, 0.4) is 0 Å². The van der Waals surface area contributed by atoms with Crippen molar-refractivity contribution in [3.05, 3.63) is 55.1 Å². The second-order valence-electron chi connectivity index (χ2n) is 3.73. The van der Waals surface area contributed by atoms with E-state index < -0.39 is 5.91 Å². The van der Waals surface area contributed by atoms with E-state index in [9.17, 15) is 4.79 Å². The van der Waals surface area contributed by atoms with Crippen LogP contribution in [0, 0.1) is 0 Å². The summed E-state index contributed by atoms with van der Waals surface area (Å²) in [6.45, 7) is 3.42. The van der Waals surface area contributed by atoms with Gasteiger partial charge in [-0.2, -0.15) is 0 Å². The molecule has 0 unspecified atom stereocenters. The highest BCUT2D eigenvalue weighted by Crippen LogP contribution is 2.20. The van der Waals surface area contributed by atoms with Gasteiger partial charge in [-0.1, -0.05) is 6.58 Å². The van der Waals surface area contributed by atoms with Crippen LogP contribution in [0.15, 0.2) is 64.5 Å². The third-order valence-corrected chi connectivity index (χ3v) is 2.42. The van der Waals surface area contributed by atoms with E-state index in [0.717, 1.165) is 11.0 Å². The Morgan fingerprint density at radius 1 is 1.42 bits per heavy atom. The number of nitrogens with zero attached hydrogens (tertiary/aromatic N) is 1. The van der Waals surface area contributed by atoms with Gasteiger partial charge in [0.25, 0.3) is 5.91 Å². The predicted molar refractivity (Wildman–Crippen MR) is 75.8 cm³/mol. The van der Waals surface area contributed by atoms with Gasteiger partial charge < -0.3 is 15.5 Å². The van der Waals surface area contributed by atoms with E-state index in [1.165, 1.54) is 18.5 Å². The molecule has 1 aromatic carbocycles. The lowest BCUT2D eigenvalue weighted by Gasteiger charge is -2.04. The molecule has 0 radical (unpaired) electrons. The van der Waals surface area contributed by atoms with Gasteiger partial charge in [-0.05, 0) is 30.3 Å². The number of furan rings is 1. The van der Waals surface area contributed by atoms with Crippen LogP contribution >= 0.6 is 0 Å². The second-order valence-corrected chi connectivity index (χ2v) is 3.73. The Hall–Kier alpha value is -2.82. The fourth-order valence-corrected chi connectivity index (χ4v) is 1.51. The first-order valence-electron chi connectivity index (χ1n) is 5.59. The average molecular weight is 255 g/mol. The van der Waals surface area contributed by atoms with Gasteiger partial charge in [-0.15, -0.1) is 0 Å². The first-order chi connectivity index (χ1) is 9.20. The summed E-state index contributed by atoms with van der Waals surface area (Å²) in [6, 6.07) is 7.15. The molecule has 1 amide bonds. The fraction of sp³-hybridized carbons (Fsp3) is 0. The number of carbonyl (C=O) groups is 1. The predicted octanol–water partition coefficient (Wildman–Crippen LogP) is 2.43. The van der Waals surface area contributed by atoms with E-state index in [4.69, 9.17) is 10.2 Å². The normalized spacial score (nSPS) is 11.9. The number of benzene rings is 1. The van der Waals surface area contributed by atoms with Crippen molar-refractivity contribution in [3.63, 3.8) is 0 Å². The van der Waals surface area contributed by atoms with Gasteiger partial charge in [0.05, 0.1) is 12.0 Å². The van der Waals surface area contributed by atoms with Crippen LogP contribution in [0.5, 0.6) is 0 Å². The monoisotopic (exact) mass is 255 g/mol. The molecule has 5 nitrogen and oxygen atoms in total. The van der Waals surface area contributed by atoms with E-state index in [1.54, 1.807) is 18.4 Å². The van der Waals surface area contributed by atoms with Crippen LogP contribution in [-0.2, 0) is 4.79 Å². The van der Waals surface area contributed by atoms with Gasteiger partial charge in [-0.3, -0.25) is 9.79 Å². The molecule has 0 aliphatic heterocycles. The summed E-state index contributed by atoms with van der Waals surface area (Å²) in [4.78, 5) is 15.5. The molecule has 2 rings (SSSR count). The molecule has 1 heterocycles. The maximum Gasteiger partial charge on any atom is 0.271 e. The Bertz CT molecular complexity index is 668. The molecule has 0 spiro atoms. The lowest BCUT2D eigenvalue weighted by molar-refractivity contribution is -0.112. The van der Waals surface area contributed by atoms with Crippen molar-refractivity contribution < 1.29 is 9.21 Å². The molecule has 0 aliphatic rings. The molecule has 2 aromatic rings. The maximum absolute atomic E-state index is 11.8. The summed E-state index contributed by atoms with van der Waals surface area (Å²) in [5.74, 6) is -0.390. The number of rotatable bonds is 4. The summed E-state index contributed by atoms with van der Waals surface area (Å²) < 4.78 is 5.22. The van der Waals surface area contributed by atoms with Crippen molar-refractivity contribution in [3.8, 4) is 0 Å². The highest BCUT2D eigenvalue weighted by atomic mass is 16.3. The van der Waals surface area contributed by atoms with Crippen LogP contribution in [-0.4, -0.2) is 12.1 Å². The van der Waals surface area contributed by atoms with E-state index in [1.807, 2.05) is 12.1 Å². The van der Waals surface area contributed by atoms with Crippen molar-refractivity contribution >= 4 is 28.8 Å². The number of carbonyl (C=O) groups excluding carboxylic acids is 1. The molecule has 96 valence electrons. The van der Waals surface area contributed by atoms with Crippen molar-refractivity contribution in [2.24, 2.45) is 10.7 Å². The lowest BCUT2D eigenvalue weighted by Crippen LogP contribution is -2.20. The summed E-state index contributed by atoms with van der Waals surface area (Å²) in [5.41, 5.74) is 7.08. The zero-order valence-electron chi connectivity index (χ0n) is 10.2. The minimum atomic E-state index is -0.390. The lowest BCUT2D eigenvalue weighted by atomic mass is 10.2. The fourth-order valence-electron chi connectivity index (χ4n) is 1.51. The van der Waals surface area contributed by atoms with Gasteiger partial charge in [0.2, 0.25) is 0 Å². The van der Waals surface area contributed by atoms with Crippen LogP contribution in [0.4, 0.5) is 5.69 Å². The van der Waals surface area contributed by atoms with Crippen LogP contribution in [0.1, 0.15) is 0 Å².